The summed E-state index contributed by atoms with van der Waals surface area (Å²) >= 11 is 0. The van der Waals surface area contributed by atoms with Gasteiger partial charge in [0, 0.05) is 25.2 Å². The Morgan fingerprint density at radius 3 is 2.33 bits per heavy atom. The molecular weight excluding hydrogens is 548 g/mol. The van der Waals surface area contributed by atoms with Crippen LogP contribution in [0.5, 0.6) is 11.5 Å². The largest absolute Gasteiger partial charge is 0.496 e. The average molecular weight is 579 g/mol. The van der Waals surface area contributed by atoms with E-state index in [0.717, 1.165) is 23.1 Å². The first-order valence-corrected chi connectivity index (χ1v) is 14.0. The van der Waals surface area contributed by atoms with Crippen LogP contribution in [0.15, 0.2) is 72.8 Å². The third-order valence-electron chi connectivity index (χ3n) is 7.96. The van der Waals surface area contributed by atoms with Crippen LogP contribution in [-0.2, 0) is 24.2 Å². The second-order valence-electron chi connectivity index (χ2n) is 10.6. The van der Waals surface area contributed by atoms with Crippen molar-refractivity contribution in [2.45, 2.75) is 25.8 Å². The smallest absolute Gasteiger partial charge is 0.310 e. The first kappa shape index (κ1) is 27.8. The van der Waals surface area contributed by atoms with Crippen molar-refractivity contribution >= 4 is 34.6 Å². The molecule has 2 aliphatic heterocycles. The van der Waals surface area contributed by atoms with E-state index in [1.165, 1.54) is 18.7 Å². The molecule has 43 heavy (non-hydrogen) atoms. The van der Waals surface area contributed by atoms with E-state index in [9.17, 15) is 19.7 Å². The van der Waals surface area contributed by atoms with Crippen molar-refractivity contribution in [2.24, 2.45) is 0 Å². The van der Waals surface area contributed by atoms with Crippen LogP contribution in [0, 0.1) is 10.1 Å². The number of nitrogens with zero attached hydrogens (tertiary/aromatic N) is 2. The summed E-state index contributed by atoms with van der Waals surface area (Å²) in [5.74, 6) is 0.701. The van der Waals surface area contributed by atoms with Gasteiger partial charge in [0.2, 0.25) is 5.91 Å². The van der Waals surface area contributed by atoms with E-state index in [1.54, 1.807) is 31.4 Å². The Labute approximate surface area is 248 Å². The van der Waals surface area contributed by atoms with Gasteiger partial charge in [-0.2, -0.15) is 0 Å². The van der Waals surface area contributed by atoms with E-state index in [0.29, 0.717) is 59.9 Å². The van der Waals surface area contributed by atoms with Crippen LogP contribution in [0.2, 0.25) is 0 Å². The lowest BCUT2D eigenvalue weighted by Crippen LogP contribution is -2.36. The van der Waals surface area contributed by atoms with Gasteiger partial charge in [-0.25, -0.2) is 0 Å². The molecule has 10 nitrogen and oxygen atoms in total. The standard InChI is InChI=1S/C33H30N4O6/c1-42-30-18-28-27(15-23(30)8-5-13-36-19-24-7-4-3-6-20(24)17-32(36)38)35-33(39)25-11-9-21(14-26(25)34-28)22-10-12-29(37(40)41)31(16-22)43-2/h3-4,6-7,9-12,14-16,18,34H,5,8,13,17,19H2,1-2H3,(H,35,39). The first-order chi connectivity index (χ1) is 20.8. The van der Waals surface area contributed by atoms with Crippen molar-refractivity contribution in [2.75, 3.05) is 31.4 Å². The molecule has 2 amide bonds. The minimum absolute atomic E-state index is 0.122. The van der Waals surface area contributed by atoms with Crippen molar-refractivity contribution in [3.8, 4) is 22.6 Å². The first-order valence-electron chi connectivity index (χ1n) is 14.0. The van der Waals surface area contributed by atoms with E-state index in [1.807, 2.05) is 41.3 Å². The molecule has 0 aromatic heterocycles. The highest BCUT2D eigenvalue weighted by molar-refractivity contribution is 6.12. The van der Waals surface area contributed by atoms with Gasteiger partial charge in [0.1, 0.15) is 5.75 Å². The van der Waals surface area contributed by atoms with E-state index >= 15 is 0 Å². The Morgan fingerprint density at radius 2 is 1.56 bits per heavy atom. The van der Waals surface area contributed by atoms with E-state index < -0.39 is 4.92 Å². The zero-order valence-corrected chi connectivity index (χ0v) is 23.8. The number of benzene rings is 4. The fourth-order valence-corrected chi connectivity index (χ4v) is 5.70. The lowest BCUT2D eigenvalue weighted by molar-refractivity contribution is -0.385. The molecule has 0 unspecified atom stereocenters. The number of nitrogens with one attached hydrogen (secondary N) is 2. The summed E-state index contributed by atoms with van der Waals surface area (Å²) in [6.07, 6.45) is 1.83. The topological polar surface area (TPSA) is 123 Å². The lowest BCUT2D eigenvalue weighted by Gasteiger charge is -2.29. The molecule has 0 aliphatic carbocycles. The third-order valence-corrected chi connectivity index (χ3v) is 7.96. The lowest BCUT2D eigenvalue weighted by atomic mass is 9.99. The van der Waals surface area contributed by atoms with Crippen molar-refractivity contribution < 1.29 is 24.0 Å². The summed E-state index contributed by atoms with van der Waals surface area (Å²) < 4.78 is 11.0. The Bertz CT molecular complexity index is 1770. The Kier molecular flexibility index (Phi) is 7.41. The molecule has 0 spiro atoms. The fourth-order valence-electron chi connectivity index (χ4n) is 5.70. The van der Waals surface area contributed by atoms with Gasteiger partial charge in [-0.05, 0) is 71.0 Å². The zero-order chi connectivity index (χ0) is 30.1. The molecule has 0 saturated heterocycles. The molecule has 4 aromatic rings. The molecule has 0 radical (unpaired) electrons. The van der Waals surface area contributed by atoms with E-state index in [2.05, 4.69) is 16.7 Å². The molecule has 0 bridgehead atoms. The van der Waals surface area contributed by atoms with Crippen LogP contribution in [0.3, 0.4) is 0 Å². The summed E-state index contributed by atoms with van der Waals surface area (Å²) in [4.78, 5) is 38.7. The summed E-state index contributed by atoms with van der Waals surface area (Å²) in [5.41, 5.74) is 6.90. The molecule has 10 heteroatoms. The van der Waals surface area contributed by atoms with Gasteiger partial charge < -0.3 is 25.0 Å². The number of aryl methyl sites for hydroxylation is 1. The molecule has 0 fully saturated rings. The van der Waals surface area contributed by atoms with E-state index in [4.69, 9.17) is 9.47 Å². The number of nitro benzene ring substituents is 1. The average Bonchev–Trinajstić information content (AvgIpc) is 3.15. The summed E-state index contributed by atoms with van der Waals surface area (Å²) in [5, 5.41) is 17.7. The van der Waals surface area contributed by atoms with Gasteiger partial charge in [0.25, 0.3) is 5.91 Å². The number of fused-ring (bicyclic) bond motifs is 3. The van der Waals surface area contributed by atoms with Crippen LogP contribution in [0.1, 0.15) is 33.5 Å². The predicted molar refractivity (Wildman–Crippen MR) is 163 cm³/mol. The quantitative estimate of drug-likeness (QED) is 0.191. The van der Waals surface area contributed by atoms with Crippen molar-refractivity contribution in [1.29, 1.82) is 0 Å². The number of hydrogen-bond donors (Lipinski definition) is 2. The minimum atomic E-state index is -0.490. The van der Waals surface area contributed by atoms with Gasteiger partial charge >= 0.3 is 5.69 Å². The summed E-state index contributed by atoms with van der Waals surface area (Å²) in [6, 6.07) is 21.8. The molecule has 2 aliphatic rings. The maximum Gasteiger partial charge on any atom is 0.310 e. The number of anilines is 3. The molecule has 0 atom stereocenters. The highest BCUT2D eigenvalue weighted by atomic mass is 16.6. The number of hydrogen-bond acceptors (Lipinski definition) is 7. The molecule has 6 rings (SSSR count). The second-order valence-corrected chi connectivity index (χ2v) is 10.6. The predicted octanol–water partition coefficient (Wildman–Crippen LogP) is 6.11. The van der Waals surface area contributed by atoms with E-state index in [-0.39, 0.29) is 23.3 Å². The maximum absolute atomic E-state index is 13.2. The van der Waals surface area contributed by atoms with Gasteiger partial charge in [0.05, 0.1) is 48.2 Å². The summed E-state index contributed by atoms with van der Waals surface area (Å²) in [6.45, 7) is 1.24. The van der Waals surface area contributed by atoms with Gasteiger partial charge in [-0.15, -0.1) is 0 Å². The number of nitro groups is 1. The Morgan fingerprint density at radius 1 is 0.837 bits per heavy atom. The Balaban J connectivity index is 1.22. The summed E-state index contributed by atoms with van der Waals surface area (Å²) in [7, 11) is 3.00. The normalized spacial score (nSPS) is 13.6. The van der Waals surface area contributed by atoms with Crippen LogP contribution >= 0.6 is 0 Å². The van der Waals surface area contributed by atoms with Gasteiger partial charge in [-0.1, -0.05) is 30.3 Å². The van der Waals surface area contributed by atoms with Crippen molar-refractivity contribution in [1.82, 2.24) is 4.90 Å². The maximum atomic E-state index is 13.2. The number of amides is 2. The van der Waals surface area contributed by atoms with Crippen LogP contribution in [-0.4, -0.2) is 42.4 Å². The van der Waals surface area contributed by atoms with Crippen LogP contribution in [0.4, 0.5) is 22.7 Å². The highest BCUT2D eigenvalue weighted by Gasteiger charge is 2.24. The zero-order valence-electron chi connectivity index (χ0n) is 23.8. The van der Waals surface area contributed by atoms with Crippen LogP contribution < -0.4 is 20.1 Å². The number of carbonyl (C=O) groups is 2. The molecule has 0 saturated carbocycles. The monoisotopic (exact) mass is 578 g/mol. The minimum Gasteiger partial charge on any atom is -0.496 e. The van der Waals surface area contributed by atoms with Crippen molar-refractivity contribution in [3.63, 3.8) is 0 Å². The van der Waals surface area contributed by atoms with Crippen LogP contribution in [0.25, 0.3) is 11.1 Å². The van der Waals surface area contributed by atoms with Gasteiger partial charge in [-0.3, -0.25) is 19.7 Å². The molecule has 4 aromatic carbocycles. The molecule has 2 heterocycles. The third kappa shape index (κ3) is 5.46. The fraction of sp³-hybridized carbons (Fsp3) is 0.212. The molecule has 2 N–H and O–H groups in total. The Hall–Kier alpha value is -5.38. The number of ether oxygens (including phenoxy) is 2. The highest BCUT2D eigenvalue weighted by Crippen LogP contribution is 2.40. The second kappa shape index (κ2) is 11.5. The van der Waals surface area contributed by atoms with Crippen molar-refractivity contribution in [3.05, 3.63) is 105 Å². The number of carbonyl (C=O) groups excluding carboxylic acids is 2. The molecular formula is C33H30N4O6. The SMILES string of the molecule is COc1cc2c(cc1CCCN1Cc3ccccc3CC1=O)NC(=O)c1ccc(-c3ccc([N+](=O)[O-])c(OC)c3)cc1N2. The molecule has 218 valence electrons. The number of methoxy groups -OCH3 is 2. The number of rotatable bonds is 8. The van der Waals surface area contributed by atoms with Gasteiger partial charge in [0.15, 0.2) is 5.75 Å².